The maximum atomic E-state index is 12.9. The Labute approximate surface area is 135 Å². The Hall–Kier alpha value is -1.21. The summed E-state index contributed by atoms with van der Waals surface area (Å²) in [6.45, 7) is 1.92. The predicted octanol–water partition coefficient (Wildman–Crippen LogP) is 1.02. The van der Waals surface area contributed by atoms with Crippen LogP contribution in [0.5, 0.6) is 0 Å². The molecule has 7 heteroatoms. The summed E-state index contributed by atoms with van der Waals surface area (Å²) >= 11 is 0. The molecular weight excluding hydrogens is 307 g/mol. The van der Waals surface area contributed by atoms with E-state index in [0.29, 0.717) is 6.42 Å². The number of rotatable bonds is 3. The quantitative estimate of drug-likeness (QED) is 0.669. The number of carbonyl (C=O) groups is 1. The standard InChI is InChI=1S/C15H21FN4O.ClH/c16-11-3-1-10(2-4-11)13-9-14(20-19-13)15(21)18-12-5-7-17-8-6-12;/h1-4,12-14,17,19-20H,5-9H2,(H,18,21);1H. The van der Waals surface area contributed by atoms with E-state index in [9.17, 15) is 9.18 Å². The summed E-state index contributed by atoms with van der Waals surface area (Å²) in [7, 11) is 0. The number of carbonyl (C=O) groups excluding carboxylic acids is 1. The van der Waals surface area contributed by atoms with Crippen LogP contribution >= 0.6 is 12.4 Å². The average molecular weight is 329 g/mol. The molecule has 3 rings (SSSR count). The fourth-order valence-corrected chi connectivity index (χ4v) is 2.91. The van der Waals surface area contributed by atoms with Crippen LogP contribution in [0.4, 0.5) is 4.39 Å². The largest absolute Gasteiger partial charge is 0.352 e. The van der Waals surface area contributed by atoms with Crippen molar-refractivity contribution >= 4 is 18.3 Å². The molecule has 0 radical (unpaired) electrons. The van der Waals surface area contributed by atoms with Gasteiger partial charge in [0.25, 0.3) is 0 Å². The highest BCUT2D eigenvalue weighted by molar-refractivity contribution is 5.85. The van der Waals surface area contributed by atoms with E-state index in [1.165, 1.54) is 12.1 Å². The summed E-state index contributed by atoms with van der Waals surface area (Å²) in [5.74, 6) is -0.205. The van der Waals surface area contributed by atoms with Gasteiger partial charge >= 0.3 is 0 Å². The molecule has 0 aliphatic carbocycles. The van der Waals surface area contributed by atoms with Crippen molar-refractivity contribution in [3.8, 4) is 0 Å². The van der Waals surface area contributed by atoms with Crippen LogP contribution in [0.3, 0.4) is 0 Å². The second-order valence-corrected chi connectivity index (χ2v) is 5.71. The highest BCUT2D eigenvalue weighted by atomic mass is 35.5. The third-order valence-corrected chi connectivity index (χ3v) is 4.18. The van der Waals surface area contributed by atoms with Crippen molar-refractivity contribution in [3.63, 3.8) is 0 Å². The molecule has 122 valence electrons. The molecule has 0 saturated carbocycles. The molecule has 0 bridgehead atoms. The van der Waals surface area contributed by atoms with Gasteiger partial charge in [-0.05, 0) is 50.0 Å². The molecule has 4 N–H and O–H groups in total. The van der Waals surface area contributed by atoms with Crippen LogP contribution in [0.25, 0.3) is 0 Å². The van der Waals surface area contributed by atoms with Crippen LogP contribution in [0.15, 0.2) is 24.3 Å². The molecule has 2 unspecified atom stereocenters. The second-order valence-electron chi connectivity index (χ2n) is 5.71. The van der Waals surface area contributed by atoms with E-state index < -0.39 is 0 Å². The zero-order valence-electron chi connectivity index (χ0n) is 12.3. The third-order valence-electron chi connectivity index (χ3n) is 4.18. The summed E-state index contributed by atoms with van der Waals surface area (Å²) in [6, 6.07) is 6.46. The van der Waals surface area contributed by atoms with Crippen LogP contribution in [-0.2, 0) is 4.79 Å². The Morgan fingerprint density at radius 2 is 1.82 bits per heavy atom. The Morgan fingerprint density at radius 3 is 2.50 bits per heavy atom. The van der Waals surface area contributed by atoms with Gasteiger partial charge in [-0.2, -0.15) is 0 Å². The molecule has 5 nitrogen and oxygen atoms in total. The van der Waals surface area contributed by atoms with Crippen LogP contribution in [-0.4, -0.2) is 31.1 Å². The van der Waals surface area contributed by atoms with E-state index in [-0.39, 0.29) is 42.3 Å². The van der Waals surface area contributed by atoms with Crippen molar-refractivity contribution in [3.05, 3.63) is 35.6 Å². The molecular formula is C15H22ClFN4O. The fourth-order valence-electron chi connectivity index (χ4n) is 2.91. The minimum atomic E-state index is -0.245. The normalized spacial score (nSPS) is 25.5. The van der Waals surface area contributed by atoms with Crippen LogP contribution in [0, 0.1) is 5.82 Å². The summed E-state index contributed by atoms with van der Waals surface area (Å²) in [5, 5.41) is 6.38. The molecule has 1 aromatic rings. The first-order chi connectivity index (χ1) is 10.2. The van der Waals surface area contributed by atoms with Crippen molar-refractivity contribution in [1.29, 1.82) is 0 Å². The summed E-state index contributed by atoms with van der Waals surface area (Å²) in [4.78, 5) is 12.3. The Morgan fingerprint density at radius 1 is 1.14 bits per heavy atom. The number of amides is 1. The van der Waals surface area contributed by atoms with Gasteiger partial charge in [0.1, 0.15) is 11.9 Å². The first kappa shape index (κ1) is 17.1. The predicted molar refractivity (Wildman–Crippen MR) is 85.1 cm³/mol. The third kappa shape index (κ3) is 4.16. The molecule has 2 aliphatic rings. The number of benzene rings is 1. The SMILES string of the molecule is Cl.O=C(NC1CCNCC1)C1CC(c2ccc(F)cc2)NN1. The van der Waals surface area contributed by atoms with Gasteiger partial charge in [0.15, 0.2) is 0 Å². The zero-order chi connectivity index (χ0) is 14.7. The first-order valence-electron chi connectivity index (χ1n) is 7.50. The van der Waals surface area contributed by atoms with Gasteiger partial charge in [-0.3, -0.25) is 4.79 Å². The summed E-state index contributed by atoms with van der Waals surface area (Å²) in [6.07, 6.45) is 2.63. The van der Waals surface area contributed by atoms with Crippen molar-refractivity contribution in [2.75, 3.05) is 13.1 Å². The van der Waals surface area contributed by atoms with Gasteiger partial charge in [0.05, 0.1) is 0 Å². The van der Waals surface area contributed by atoms with Crippen molar-refractivity contribution in [2.45, 2.75) is 37.4 Å². The molecule has 1 aromatic carbocycles. The Kier molecular flexibility index (Phi) is 6.14. The number of hydrogen-bond donors (Lipinski definition) is 4. The molecule has 2 heterocycles. The topological polar surface area (TPSA) is 65.2 Å². The monoisotopic (exact) mass is 328 g/mol. The summed E-state index contributed by atoms with van der Waals surface area (Å²) in [5.41, 5.74) is 7.14. The lowest BCUT2D eigenvalue weighted by molar-refractivity contribution is -0.123. The molecule has 0 aromatic heterocycles. The Balaban J connectivity index is 0.00000176. The van der Waals surface area contributed by atoms with E-state index in [1.807, 2.05) is 0 Å². The van der Waals surface area contributed by atoms with Crippen molar-refractivity contribution in [2.24, 2.45) is 0 Å². The minimum Gasteiger partial charge on any atom is -0.352 e. The van der Waals surface area contributed by atoms with E-state index in [1.54, 1.807) is 12.1 Å². The zero-order valence-corrected chi connectivity index (χ0v) is 13.1. The number of nitrogens with one attached hydrogen (secondary N) is 4. The van der Waals surface area contributed by atoms with E-state index >= 15 is 0 Å². The number of piperidine rings is 1. The number of halogens is 2. The van der Waals surface area contributed by atoms with Crippen LogP contribution in [0.1, 0.15) is 30.9 Å². The molecule has 0 spiro atoms. The minimum absolute atomic E-state index is 0. The highest BCUT2D eigenvalue weighted by Crippen LogP contribution is 2.22. The lowest BCUT2D eigenvalue weighted by Gasteiger charge is -2.24. The molecule has 2 aliphatic heterocycles. The maximum absolute atomic E-state index is 12.9. The average Bonchev–Trinajstić information content (AvgIpc) is 2.99. The van der Waals surface area contributed by atoms with Gasteiger partial charge in [0, 0.05) is 12.1 Å². The highest BCUT2D eigenvalue weighted by Gasteiger charge is 2.31. The molecule has 2 atom stereocenters. The maximum Gasteiger partial charge on any atom is 0.238 e. The Bertz CT molecular complexity index is 493. The van der Waals surface area contributed by atoms with E-state index in [0.717, 1.165) is 31.5 Å². The first-order valence-corrected chi connectivity index (χ1v) is 7.50. The lowest BCUT2D eigenvalue weighted by atomic mass is 10.0. The van der Waals surface area contributed by atoms with Crippen LogP contribution < -0.4 is 21.5 Å². The number of hydrogen-bond acceptors (Lipinski definition) is 4. The van der Waals surface area contributed by atoms with Crippen molar-refractivity contribution < 1.29 is 9.18 Å². The van der Waals surface area contributed by atoms with Gasteiger partial charge in [-0.15, -0.1) is 12.4 Å². The van der Waals surface area contributed by atoms with Crippen LogP contribution in [0.2, 0.25) is 0 Å². The van der Waals surface area contributed by atoms with Gasteiger partial charge in [0.2, 0.25) is 5.91 Å². The fraction of sp³-hybridized carbons (Fsp3) is 0.533. The van der Waals surface area contributed by atoms with Crippen molar-refractivity contribution in [1.82, 2.24) is 21.5 Å². The molecule has 1 amide bonds. The van der Waals surface area contributed by atoms with E-state index in [2.05, 4.69) is 21.5 Å². The smallest absolute Gasteiger partial charge is 0.238 e. The van der Waals surface area contributed by atoms with Gasteiger partial charge in [-0.1, -0.05) is 12.1 Å². The lowest BCUT2D eigenvalue weighted by Crippen LogP contribution is -2.49. The number of hydrazine groups is 1. The summed E-state index contributed by atoms with van der Waals surface area (Å²) < 4.78 is 12.9. The molecule has 2 saturated heterocycles. The molecule has 2 fully saturated rings. The van der Waals surface area contributed by atoms with E-state index in [4.69, 9.17) is 0 Å². The molecule has 22 heavy (non-hydrogen) atoms. The van der Waals surface area contributed by atoms with Gasteiger partial charge in [-0.25, -0.2) is 15.2 Å². The van der Waals surface area contributed by atoms with Gasteiger partial charge < -0.3 is 10.6 Å². The second kappa shape index (κ2) is 7.87.